The zero-order valence-electron chi connectivity index (χ0n) is 18.8. The number of carbonyl (C=O) groups is 2. The van der Waals surface area contributed by atoms with Crippen molar-refractivity contribution in [1.82, 2.24) is 19.8 Å². The van der Waals surface area contributed by atoms with Crippen LogP contribution in [-0.4, -0.2) is 46.6 Å². The largest absolute Gasteiger partial charge is 0.495 e. The van der Waals surface area contributed by atoms with E-state index >= 15 is 0 Å². The number of fused-ring (bicyclic) bond motifs is 1. The Morgan fingerprint density at radius 2 is 1.94 bits per heavy atom. The number of benzene rings is 2. The van der Waals surface area contributed by atoms with E-state index in [1.54, 1.807) is 31.2 Å². The molecule has 3 amide bonds. The highest BCUT2D eigenvalue weighted by molar-refractivity contribution is 5.97. The van der Waals surface area contributed by atoms with E-state index in [0.29, 0.717) is 34.9 Å². The number of aryl methyl sites for hydroxylation is 2. The van der Waals surface area contributed by atoms with Crippen LogP contribution in [0.2, 0.25) is 0 Å². The maximum Gasteiger partial charge on any atom is 0.322 e. The zero-order valence-corrected chi connectivity index (χ0v) is 18.8. The summed E-state index contributed by atoms with van der Waals surface area (Å²) in [4.78, 5) is 31.2. The van der Waals surface area contributed by atoms with E-state index < -0.39 is 0 Å². The van der Waals surface area contributed by atoms with Gasteiger partial charge in [0.25, 0.3) is 5.91 Å². The third-order valence-corrected chi connectivity index (χ3v) is 4.98. The van der Waals surface area contributed by atoms with Crippen molar-refractivity contribution in [2.24, 2.45) is 7.05 Å². The van der Waals surface area contributed by atoms with Crippen LogP contribution in [0.5, 0.6) is 5.75 Å². The van der Waals surface area contributed by atoms with Crippen LogP contribution in [0.25, 0.3) is 11.0 Å². The van der Waals surface area contributed by atoms with Crippen molar-refractivity contribution in [1.29, 1.82) is 0 Å². The molecule has 1 heterocycles. The summed E-state index contributed by atoms with van der Waals surface area (Å²) in [6, 6.07) is 10.8. The Kier molecular flexibility index (Phi) is 6.48. The Balaban J connectivity index is 1.77. The molecule has 0 spiro atoms. The second-order valence-corrected chi connectivity index (χ2v) is 7.91. The minimum atomic E-state index is -0.270. The molecule has 0 aliphatic rings. The van der Waals surface area contributed by atoms with Gasteiger partial charge in [-0.3, -0.25) is 4.79 Å². The maximum absolute atomic E-state index is 12.7. The lowest BCUT2D eigenvalue weighted by molar-refractivity contribution is 0.0943. The first-order valence-corrected chi connectivity index (χ1v) is 10.1. The smallest absolute Gasteiger partial charge is 0.322 e. The Labute approximate surface area is 182 Å². The topological polar surface area (TPSA) is 88.5 Å². The molecular formula is C23H29N5O3. The van der Waals surface area contributed by atoms with Crippen LogP contribution in [0.15, 0.2) is 36.4 Å². The average Bonchev–Trinajstić information content (AvgIpc) is 3.02. The second kappa shape index (κ2) is 9.07. The summed E-state index contributed by atoms with van der Waals surface area (Å²) in [5.74, 6) is 1.18. The monoisotopic (exact) mass is 423 g/mol. The molecule has 0 atom stereocenters. The van der Waals surface area contributed by atoms with Gasteiger partial charge in [-0.15, -0.1) is 0 Å². The van der Waals surface area contributed by atoms with E-state index in [1.807, 2.05) is 56.7 Å². The zero-order chi connectivity index (χ0) is 22.7. The first-order valence-electron chi connectivity index (χ1n) is 10.1. The van der Waals surface area contributed by atoms with Crippen LogP contribution in [0.4, 0.5) is 10.5 Å². The molecule has 3 aromatic rings. The molecule has 0 aliphatic carbocycles. The first-order chi connectivity index (χ1) is 14.7. The molecule has 1 aromatic heterocycles. The Morgan fingerprint density at radius 3 is 2.61 bits per heavy atom. The minimum Gasteiger partial charge on any atom is -0.495 e. The van der Waals surface area contributed by atoms with E-state index in [1.165, 1.54) is 0 Å². The Bertz CT molecular complexity index is 1120. The van der Waals surface area contributed by atoms with Crippen molar-refractivity contribution in [3.8, 4) is 5.75 Å². The number of hydrogen-bond donors (Lipinski definition) is 2. The molecule has 8 heteroatoms. The average molecular weight is 424 g/mol. The van der Waals surface area contributed by atoms with Gasteiger partial charge in [0.1, 0.15) is 11.6 Å². The molecule has 0 fully saturated rings. The van der Waals surface area contributed by atoms with E-state index in [2.05, 4.69) is 15.6 Å². The van der Waals surface area contributed by atoms with Crippen LogP contribution in [0.1, 0.15) is 35.6 Å². The van der Waals surface area contributed by atoms with Gasteiger partial charge in [-0.2, -0.15) is 0 Å². The van der Waals surface area contributed by atoms with Gasteiger partial charge in [0.15, 0.2) is 0 Å². The summed E-state index contributed by atoms with van der Waals surface area (Å²) in [5.41, 5.74) is 3.80. The van der Waals surface area contributed by atoms with Crippen molar-refractivity contribution in [2.45, 2.75) is 33.4 Å². The van der Waals surface area contributed by atoms with E-state index in [0.717, 1.165) is 11.1 Å². The molecule has 0 bridgehead atoms. The Hall–Kier alpha value is -3.55. The molecule has 0 radical (unpaired) electrons. The summed E-state index contributed by atoms with van der Waals surface area (Å²) in [7, 11) is 5.17. The molecule has 0 unspecified atom stereocenters. The van der Waals surface area contributed by atoms with Gasteiger partial charge in [-0.25, -0.2) is 9.78 Å². The van der Waals surface area contributed by atoms with E-state index in [-0.39, 0.29) is 18.0 Å². The van der Waals surface area contributed by atoms with Crippen LogP contribution in [-0.2, 0) is 13.6 Å². The highest BCUT2D eigenvalue weighted by atomic mass is 16.5. The number of nitrogens with one attached hydrogen (secondary N) is 2. The highest BCUT2D eigenvalue weighted by Crippen LogP contribution is 2.25. The van der Waals surface area contributed by atoms with Crippen LogP contribution in [0, 0.1) is 6.92 Å². The molecule has 2 aromatic carbocycles. The number of ether oxygens (including phenoxy) is 1. The lowest BCUT2D eigenvalue weighted by Crippen LogP contribution is -2.31. The van der Waals surface area contributed by atoms with E-state index in [4.69, 9.17) is 4.74 Å². The number of methoxy groups -OCH3 is 1. The predicted molar refractivity (Wildman–Crippen MR) is 122 cm³/mol. The van der Waals surface area contributed by atoms with E-state index in [9.17, 15) is 9.59 Å². The highest BCUT2D eigenvalue weighted by Gasteiger charge is 2.17. The first kappa shape index (κ1) is 22.1. The van der Waals surface area contributed by atoms with Gasteiger partial charge >= 0.3 is 6.03 Å². The molecule has 31 heavy (non-hydrogen) atoms. The summed E-state index contributed by atoms with van der Waals surface area (Å²) < 4.78 is 7.26. The third kappa shape index (κ3) is 4.96. The third-order valence-electron chi connectivity index (χ3n) is 4.98. The molecule has 0 saturated heterocycles. The normalized spacial score (nSPS) is 10.9. The number of urea groups is 1. The van der Waals surface area contributed by atoms with Crippen molar-refractivity contribution in [3.63, 3.8) is 0 Å². The number of anilines is 1. The van der Waals surface area contributed by atoms with Crippen molar-refractivity contribution in [2.75, 3.05) is 19.5 Å². The second-order valence-electron chi connectivity index (χ2n) is 7.91. The lowest BCUT2D eigenvalue weighted by atomic mass is 10.2. The number of amides is 3. The molecule has 0 aliphatic heterocycles. The van der Waals surface area contributed by atoms with Gasteiger partial charge in [-0.1, -0.05) is 6.07 Å². The lowest BCUT2D eigenvalue weighted by Gasteiger charge is -2.19. The van der Waals surface area contributed by atoms with Gasteiger partial charge in [0.05, 0.1) is 30.4 Å². The molecular weight excluding hydrogens is 394 g/mol. The number of aromatic nitrogens is 2. The minimum absolute atomic E-state index is 0.0571. The summed E-state index contributed by atoms with van der Waals surface area (Å²) in [6.45, 7) is 6.09. The summed E-state index contributed by atoms with van der Waals surface area (Å²) in [5, 5.41) is 5.77. The molecule has 0 saturated carbocycles. The summed E-state index contributed by atoms with van der Waals surface area (Å²) >= 11 is 0. The van der Waals surface area contributed by atoms with Gasteiger partial charge in [0.2, 0.25) is 0 Å². The molecule has 3 rings (SSSR count). The van der Waals surface area contributed by atoms with Crippen molar-refractivity contribution < 1.29 is 14.3 Å². The maximum atomic E-state index is 12.7. The quantitative estimate of drug-likeness (QED) is 0.633. The Morgan fingerprint density at radius 1 is 1.19 bits per heavy atom. The summed E-state index contributed by atoms with van der Waals surface area (Å²) in [6.07, 6.45) is 0. The molecule has 164 valence electrons. The number of imidazole rings is 1. The van der Waals surface area contributed by atoms with Gasteiger partial charge < -0.3 is 24.8 Å². The van der Waals surface area contributed by atoms with Crippen molar-refractivity contribution >= 4 is 28.7 Å². The number of hydrogen-bond acceptors (Lipinski definition) is 4. The van der Waals surface area contributed by atoms with Gasteiger partial charge in [0, 0.05) is 25.7 Å². The van der Waals surface area contributed by atoms with Crippen molar-refractivity contribution in [3.05, 3.63) is 53.3 Å². The number of carbonyl (C=O) groups excluding carboxylic acids is 2. The predicted octanol–water partition coefficient (Wildman–Crippen LogP) is 3.69. The fraction of sp³-hybridized carbons (Fsp3) is 0.348. The standard InChI is InChI=1S/C23H29N5O3/c1-14(2)24-22(29)16-8-9-19-17(12-16)25-21(28(19)5)13-27(4)23(30)26-18-11-15(3)7-10-20(18)31-6/h7-12,14H,13H2,1-6H3,(H,24,29)(H,26,30). The number of nitrogens with zero attached hydrogens (tertiary/aromatic N) is 3. The van der Waals surface area contributed by atoms with Crippen LogP contribution in [0.3, 0.4) is 0 Å². The number of rotatable bonds is 6. The fourth-order valence-corrected chi connectivity index (χ4v) is 3.29. The molecule has 2 N–H and O–H groups in total. The molecule has 8 nitrogen and oxygen atoms in total. The SMILES string of the molecule is COc1ccc(C)cc1NC(=O)N(C)Cc1nc2cc(C(=O)NC(C)C)ccc2n1C. The van der Waals surface area contributed by atoms with Gasteiger partial charge in [-0.05, 0) is 56.7 Å². The fourth-order valence-electron chi connectivity index (χ4n) is 3.29. The van der Waals surface area contributed by atoms with Crippen LogP contribution < -0.4 is 15.4 Å². The van der Waals surface area contributed by atoms with Crippen LogP contribution >= 0.6 is 0 Å².